The van der Waals surface area contributed by atoms with Gasteiger partial charge in [-0.05, 0) is 64.1 Å². The molecular formula is C16H22N2. The van der Waals surface area contributed by atoms with Crippen LogP contribution in [0.25, 0.3) is 5.69 Å². The summed E-state index contributed by atoms with van der Waals surface area (Å²) in [7, 11) is 0. The molecule has 0 aliphatic rings. The molecule has 0 radical (unpaired) electrons. The maximum Gasteiger partial charge on any atom is 0.0456 e. The zero-order valence-electron chi connectivity index (χ0n) is 11.8. The van der Waals surface area contributed by atoms with E-state index in [0.29, 0.717) is 0 Å². The van der Waals surface area contributed by atoms with Crippen molar-refractivity contribution in [3.8, 4) is 5.69 Å². The van der Waals surface area contributed by atoms with Crippen molar-refractivity contribution in [3.05, 3.63) is 47.8 Å². The first kappa shape index (κ1) is 12.7. The lowest BCUT2D eigenvalue weighted by Crippen LogP contribution is -2.21. The Hall–Kier alpha value is -1.70. The summed E-state index contributed by atoms with van der Waals surface area (Å²) in [6.45, 7) is 10.8. The standard InChI is InChI=1S/C16H22N2/c1-5-17(6-2)15-9-11-16(12-10-15)18-13(3)7-8-14(18)4/h7-12H,5-6H2,1-4H3. The normalized spacial score (nSPS) is 10.7. The summed E-state index contributed by atoms with van der Waals surface area (Å²) in [5, 5.41) is 0. The lowest BCUT2D eigenvalue weighted by atomic mass is 10.2. The van der Waals surface area contributed by atoms with Gasteiger partial charge in [-0.1, -0.05) is 0 Å². The summed E-state index contributed by atoms with van der Waals surface area (Å²) in [4.78, 5) is 2.36. The molecule has 1 aromatic heterocycles. The van der Waals surface area contributed by atoms with Gasteiger partial charge < -0.3 is 9.47 Å². The molecule has 0 aliphatic heterocycles. The smallest absolute Gasteiger partial charge is 0.0456 e. The molecule has 0 saturated carbocycles. The highest BCUT2D eigenvalue weighted by Gasteiger charge is 2.05. The van der Waals surface area contributed by atoms with E-state index in [-0.39, 0.29) is 0 Å². The SMILES string of the molecule is CCN(CC)c1ccc(-n2c(C)ccc2C)cc1. The van der Waals surface area contributed by atoms with E-state index in [4.69, 9.17) is 0 Å². The number of anilines is 1. The number of hydrogen-bond acceptors (Lipinski definition) is 1. The van der Waals surface area contributed by atoms with Crippen molar-refractivity contribution >= 4 is 5.69 Å². The minimum Gasteiger partial charge on any atom is -0.372 e. The second-order valence-corrected chi connectivity index (χ2v) is 4.64. The Balaban J connectivity index is 2.33. The van der Waals surface area contributed by atoms with E-state index in [1.165, 1.54) is 22.8 Å². The van der Waals surface area contributed by atoms with Crippen LogP contribution in [-0.2, 0) is 0 Å². The van der Waals surface area contributed by atoms with E-state index in [1.54, 1.807) is 0 Å². The van der Waals surface area contributed by atoms with Gasteiger partial charge in [-0.2, -0.15) is 0 Å². The van der Waals surface area contributed by atoms with Crippen LogP contribution in [0.15, 0.2) is 36.4 Å². The van der Waals surface area contributed by atoms with Crippen molar-refractivity contribution < 1.29 is 0 Å². The fraction of sp³-hybridized carbons (Fsp3) is 0.375. The fourth-order valence-corrected chi connectivity index (χ4v) is 2.48. The number of aryl methyl sites for hydroxylation is 2. The molecule has 0 saturated heterocycles. The van der Waals surface area contributed by atoms with Gasteiger partial charge in [0, 0.05) is 35.9 Å². The number of benzene rings is 1. The van der Waals surface area contributed by atoms with Crippen LogP contribution in [0.3, 0.4) is 0 Å². The van der Waals surface area contributed by atoms with Crippen LogP contribution in [0.5, 0.6) is 0 Å². The van der Waals surface area contributed by atoms with E-state index in [0.717, 1.165) is 13.1 Å². The zero-order chi connectivity index (χ0) is 13.1. The molecule has 2 heteroatoms. The first-order valence-corrected chi connectivity index (χ1v) is 6.67. The maximum absolute atomic E-state index is 2.36. The molecule has 0 fully saturated rings. The molecule has 2 aromatic rings. The van der Waals surface area contributed by atoms with Gasteiger partial charge in [0.05, 0.1) is 0 Å². The van der Waals surface area contributed by atoms with E-state index >= 15 is 0 Å². The van der Waals surface area contributed by atoms with Crippen LogP contribution in [0.2, 0.25) is 0 Å². The summed E-state index contributed by atoms with van der Waals surface area (Å²) < 4.78 is 2.28. The van der Waals surface area contributed by atoms with E-state index in [1.807, 2.05) is 0 Å². The van der Waals surface area contributed by atoms with Crippen molar-refractivity contribution in [1.29, 1.82) is 0 Å². The predicted molar refractivity (Wildman–Crippen MR) is 78.8 cm³/mol. The molecule has 2 rings (SSSR count). The van der Waals surface area contributed by atoms with Crippen molar-refractivity contribution in [2.45, 2.75) is 27.7 Å². The molecule has 0 unspecified atom stereocenters. The summed E-state index contributed by atoms with van der Waals surface area (Å²) in [6, 6.07) is 13.1. The van der Waals surface area contributed by atoms with E-state index < -0.39 is 0 Å². The zero-order valence-corrected chi connectivity index (χ0v) is 11.8. The van der Waals surface area contributed by atoms with Crippen LogP contribution < -0.4 is 4.90 Å². The van der Waals surface area contributed by atoms with Crippen LogP contribution in [0.4, 0.5) is 5.69 Å². The Labute approximate surface area is 110 Å². The minimum absolute atomic E-state index is 1.05. The molecule has 0 bridgehead atoms. The molecular weight excluding hydrogens is 220 g/mol. The van der Waals surface area contributed by atoms with Crippen molar-refractivity contribution in [2.24, 2.45) is 0 Å². The second kappa shape index (κ2) is 5.30. The summed E-state index contributed by atoms with van der Waals surface area (Å²) >= 11 is 0. The quantitative estimate of drug-likeness (QED) is 0.788. The highest BCUT2D eigenvalue weighted by atomic mass is 15.1. The third-order valence-corrected chi connectivity index (χ3v) is 3.51. The highest BCUT2D eigenvalue weighted by molar-refractivity contribution is 5.51. The first-order chi connectivity index (χ1) is 8.67. The molecule has 96 valence electrons. The van der Waals surface area contributed by atoms with Gasteiger partial charge >= 0.3 is 0 Å². The van der Waals surface area contributed by atoms with Crippen LogP contribution in [0, 0.1) is 13.8 Å². The summed E-state index contributed by atoms with van der Waals surface area (Å²) in [5.74, 6) is 0. The molecule has 1 aromatic carbocycles. The molecule has 18 heavy (non-hydrogen) atoms. The largest absolute Gasteiger partial charge is 0.372 e. The maximum atomic E-state index is 2.36. The lowest BCUT2D eigenvalue weighted by Gasteiger charge is -2.21. The van der Waals surface area contributed by atoms with Crippen LogP contribution >= 0.6 is 0 Å². The molecule has 1 heterocycles. The molecule has 0 N–H and O–H groups in total. The van der Waals surface area contributed by atoms with E-state index in [2.05, 4.69) is 73.6 Å². The van der Waals surface area contributed by atoms with Crippen molar-refractivity contribution in [2.75, 3.05) is 18.0 Å². The topological polar surface area (TPSA) is 8.17 Å². The van der Waals surface area contributed by atoms with Crippen molar-refractivity contribution in [1.82, 2.24) is 4.57 Å². The monoisotopic (exact) mass is 242 g/mol. The molecule has 0 amide bonds. The molecule has 2 nitrogen and oxygen atoms in total. The Morgan fingerprint density at radius 2 is 1.33 bits per heavy atom. The van der Waals surface area contributed by atoms with Gasteiger partial charge in [0.1, 0.15) is 0 Å². The third kappa shape index (κ3) is 2.28. The van der Waals surface area contributed by atoms with Crippen molar-refractivity contribution in [3.63, 3.8) is 0 Å². The fourth-order valence-electron chi connectivity index (χ4n) is 2.48. The molecule has 0 atom stereocenters. The van der Waals surface area contributed by atoms with Crippen LogP contribution in [0.1, 0.15) is 25.2 Å². The van der Waals surface area contributed by atoms with Gasteiger partial charge in [0.15, 0.2) is 0 Å². The average molecular weight is 242 g/mol. The van der Waals surface area contributed by atoms with E-state index in [9.17, 15) is 0 Å². The Kier molecular flexibility index (Phi) is 3.75. The summed E-state index contributed by atoms with van der Waals surface area (Å²) in [6.07, 6.45) is 0. The van der Waals surface area contributed by atoms with Gasteiger partial charge in [-0.15, -0.1) is 0 Å². The Bertz CT molecular complexity index is 485. The predicted octanol–water partition coefficient (Wildman–Crippen LogP) is 3.94. The number of rotatable bonds is 4. The molecule has 0 spiro atoms. The van der Waals surface area contributed by atoms with Gasteiger partial charge in [-0.25, -0.2) is 0 Å². The first-order valence-electron chi connectivity index (χ1n) is 6.67. The third-order valence-electron chi connectivity index (χ3n) is 3.51. The number of aromatic nitrogens is 1. The minimum atomic E-state index is 1.05. The second-order valence-electron chi connectivity index (χ2n) is 4.64. The average Bonchev–Trinajstić information content (AvgIpc) is 2.72. The van der Waals surface area contributed by atoms with Crippen LogP contribution in [-0.4, -0.2) is 17.7 Å². The van der Waals surface area contributed by atoms with Gasteiger partial charge in [-0.3, -0.25) is 0 Å². The van der Waals surface area contributed by atoms with Gasteiger partial charge in [0.2, 0.25) is 0 Å². The summed E-state index contributed by atoms with van der Waals surface area (Å²) in [5.41, 5.74) is 5.10. The number of nitrogens with zero attached hydrogens (tertiary/aromatic N) is 2. The lowest BCUT2D eigenvalue weighted by molar-refractivity contribution is 0.865. The Morgan fingerprint density at radius 3 is 1.78 bits per heavy atom. The highest BCUT2D eigenvalue weighted by Crippen LogP contribution is 2.20. The molecule has 0 aliphatic carbocycles. The Morgan fingerprint density at radius 1 is 0.833 bits per heavy atom. The van der Waals surface area contributed by atoms with Gasteiger partial charge in [0.25, 0.3) is 0 Å². The number of hydrogen-bond donors (Lipinski definition) is 0.